The molecule has 1 N–H and O–H groups in total. The summed E-state index contributed by atoms with van der Waals surface area (Å²) in [6.45, 7) is 3.44. The molecule has 0 bridgehead atoms. The van der Waals surface area contributed by atoms with Gasteiger partial charge in [0.05, 0.1) is 0 Å². The molecule has 0 atom stereocenters. The molecule has 0 aliphatic carbocycles. The highest BCUT2D eigenvalue weighted by Gasteiger charge is 2.21. The van der Waals surface area contributed by atoms with Gasteiger partial charge < -0.3 is 19.9 Å². The molecule has 2 heterocycles. The minimum atomic E-state index is -0.0139. The number of amides is 2. The number of urea groups is 1. The van der Waals surface area contributed by atoms with Crippen molar-refractivity contribution in [1.82, 2.24) is 15.1 Å². The van der Waals surface area contributed by atoms with Gasteiger partial charge in [0.25, 0.3) is 0 Å². The van der Waals surface area contributed by atoms with Gasteiger partial charge in [-0.1, -0.05) is 18.2 Å². The maximum Gasteiger partial charge on any atom is 0.317 e. The lowest BCUT2D eigenvalue weighted by atomic mass is 10.1. The molecule has 134 valence electrons. The summed E-state index contributed by atoms with van der Waals surface area (Å²) < 4.78 is 5.86. The largest absolute Gasteiger partial charge is 0.492 e. The van der Waals surface area contributed by atoms with Crippen LogP contribution >= 0.6 is 11.3 Å². The number of carbonyl (C=O) groups is 1. The maximum absolute atomic E-state index is 12.5. The van der Waals surface area contributed by atoms with Crippen LogP contribution in [0.3, 0.4) is 0 Å². The summed E-state index contributed by atoms with van der Waals surface area (Å²) in [4.78, 5) is 17.9. The first kappa shape index (κ1) is 17.8. The quantitative estimate of drug-likeness (QED) is 0.862. The van der Waals surface area contributed by atoms with Crippen molar-refractivity contribution in [2.24, 2.45) is 0 Å². The van der Waals surface area contributed by atoms with Crippen molar-refractivity contribution in [2.45, 2.75) is 19.5 Å². The van der Waals surface area contributed by atoms with Gasteiger partial charge in [0.1, 0.15) is 12.4 Å². The van der Waals surface area contributed by atoms with Gasteiger partial charge >= 0.3 is 6.03 Å². The van der Waals surface area contributed by atoms with Crippen molar-refractivity contribution >= 4 is 17.4 Å². The normalized spacial score (nSPS) is 13.6. The number of benzene rings is 1. The smallest absolute Gasteiger partial charge is 0.317 e. The Kier molecular flexibility index (Phi) is 5.94. The van der Waals surface area contributed by atoms with Gasteiger partial charge in [-0.05, 0) is 43.6 Å². The summed E-state index contributed by atoms with van der Waals surface area (Å²) >= 11 is 1.78. The van der Waals surface area contributed by atoms with E-state index in [1.165, 1.54) is 10.4 Å². The van der Waals surface area contributed by atoms with Crippen LogP contribution in [0.1, 0.15) is 16.0 Å². The lowest BCUT2D eigenvalue weighted by Gasteiger charge is -2.27. The zero-order chi connectivity index (χ0) is 17.6. The molecule has 25 heavy (non-hydrogen) atoms. The van der Waals surface area contributed by atoms with E-state index in [0.29, 0.717) is 19.7 Å². The topological polar surface area (TPSA) is 44.8 Å². The molecule has 1 aliphatic rings. The van der Waals surface area contributed by atoms with E-state index < -0.39 is 0 Å². The van der Waals surface area contributed by atoms with E-state index in [1.54, 1.807) is 11.3 Å². The second-order valence-corrected chi connectivity index (χ2v) is 7.46. The summed E-state index contributed by atoms with van der Waals surface area (Å²) in [6, 6.07) is 9.99. The average molecular weight is 359 g/mol. The van der Waals surface area contributed by atoms with Crippen LogP contribution in [0.2, 0.25) is 0 Å². The molecule has 0 radical (unpaired) electrons. The lowest BCUT2D eigenvalue weighted by Crippen LogP contribution is -2.42. The van der Waals surface area contributed by atoms with E-state index in [-0.39, 0.29) is 6.03 Å². The minimum Gasteiger partial charge on any atom is -0.492 e. The molecule has 0 unspecified atom stereocenters. The van der Waals surface area contributed by atoms with Crippen molar-refractivity contribution in [3.63, 3.8) is 0 Å². The van der Waals surface area contributed by atoms with E-state index >= 15 is 0 Å². The highest BCUT2D eigenvalue weighted by atomic mass is 32.1. The first-order valence-corrected chi connectivity index (χ1v) is 9.45. The van der Waals surface area contributed by atoms with Crippen molar-refractivity contribution in [2.75, 3.05) is 33.8 Å². The van der Waals surface area contributed by atoms with Crippen molar-refractivity contribution < 1.29 is 9.53 Å². The third-order valence-electron chi connectivity index (χ3n) is 4.29. The van der Waals surface area contributed by atoms with Crippen LogP contribution in [0.4, 0.5) is 4.79 Å². The fourth-order valence-electron chi connectivity index (χ4n) is 2.83. The Labute approximate surface area is 153 Å². The van der Waals surface area contributed by atoms with Crippen molar-refractivity contribution in [3.05, 3.63) is 51.7 Å². The number of hydrogen-bond donors (Lipinski definition) is 1. The third-order valence-corrected chi connectivity index (χ3v) is 5.32. The number of carbonyl (C=O) groups excluding carboxylic acids is 1. The third kappa shape index (κ3) is 4.74. The van der Waals surface area contributed by atoms with Crippen LogP contribution in [0, 0.1) is 0 Å². The second-order valence-electron chi connectivity index (χ2n) is 6.46. The highest BCUT2D eigenvalue weighted by Crippen LogP contribution is 2.24. The second kappa shape index (κ2) is 8.36. The predicted molar refractivity (Wildman–Crippen MR) is 101 cm³/mol. The van der Waals surface area contributed by atoms with E-state index in [0.717, 1.165) is 30.8 Å². The predicted octanol–water partition coefficient (Wildman–Crippen LogP) is 2.96. The van der Waals surface area contributed by atoms with Crippen molar-refractivity contribution in [1.29, 1.82) is 0 Å². The molecule has 0 saturated heterocycles. The molecule has 2 aromatic rings. The first-order valence-electron chi connectivity index (χ1n) is 8.57. The van der Waals surface area contributed by atoms with Crippen molar-refractivity contribution in [3.8, 4) is 5.75 Å². The summed E-state index contributed by atoms with van der Waals surface area (Å²) in [5, 5.41) is 5.14. The number of hydrogen-bond acceptors (Lipinski definition) is 4. The number of fused-ring (bicyclic) bond motifs is 1. The van der Waals surface area contributed by atoms with Gasteiger partial charge in [0, 0.05) is 36.6 Å². The summed E-state index contributed by atoms with van der Waals surface area (Å²) in [6.07, 6.45) is 0.949. The fraction of sp³-hybridized carbons (Fsp3) is 0.421. The van der Waals surface area contributed by atoms with E-state index in [1.807, 2.05) is 43.3 Å². The Morgan fingerprint density at radius 2 is 2.16 bits per heavy atom. The molecule has 1 aromatic heterocycles. The maximum atomic E-state index is 12.5. The Morgan fingerprint density at radius 1 is 1.32 bits per heavy atom. The highest BCUT2D eigenvalue weighted by molar-refractivity contribution is 7.10. The Hall–Kier alpha value is -2.05. The van der Waals surface area contributed by atoms with Gasteiger partial charge in [0.2, 0.25) is 0 Å². The SMILES string of the molecule is CN(C)CCOc1ccccc1CNC(=O)N1CCc2sccc2C1. The van der Waals surface area contributed by atoms with Crippen LogP contribution in [0.5, 0.6) is 5.75 Å². The number of rotatable bonds is 6. The van der Waals surface area contributed by atoms with Crippen LogP contribution < -0.4 is 10.1 Å². The minimum absolute atomic E-state index is 0.0139. The van der Waals surface area contributed by atoms with Gasteiger partial charge in [-0.3, -0.25) is 0 Å². The number of thiophene rings is 1. The molecule has 1 aromatic carbocycles. The monoisotopic (exact) mass is 359 g/mol. The molecule has 0 saturated carbocycles. The molecular formula is C19H25N3O2S. The van der Waals surface area contributed by atoms with Crippen LogP contribution in [0.15, 0.2) is 35.7 Å². The molecule has 6 heteroatoms. The van der Waals surface area contributed by atoms with Gasteiger partial charge in [-0.25, -0.2) is 4.79 Å². The number of nitrogens with one attached hydrogen (secondary N) is 1. The number of para-hydroxylation sites is 1. The molecular weight excluding hydrogens is 334 g/mol. The standard InChI is InChI=1S/C19H25N3O2S/c1-21(2)10-11-24-17-6-4-3-5-15(17)13-20-19(23)22-9-7-18-16(14-22)8-12-25-18/h3-6,8,12H,7,9-11,13-14H2,1-2H3,(H,20,23). The lowest BCUT2D eigenvalue weighted by molar-refractivity contribution is 0.192. The van der Waals surface area contributed by atoms with Crippen LogP contribution in [-0.4, -0.2) is 49.6 Å². The zero-order valence-corrected chi connectivity index (χ0v) is 15.6. The molecule has 2 amide bonds. The van der Waals surface area contributed by atoms with Gasteiger partial charge in [-0.15, -0.1) is 11.3 Å². The van der Waals surface area contributed by atoms with E-state index in [9.17, 15) is 4.79 Å². The molecule has 5 nitrogen and oxygen atoms in total. The van der Waals surface area contributed by atoms with E-state index in [4.69, 9.17) is 4.74 Å². The first-order chi connectivity index (χ1) is 12.1. The Balaban J connectivity index is 1.54. The van der Waals surface area contributed by atoms with E-state index in [2.05, 4.69) is 21.7 Å². The number of likely N-dealkylation sites (N-methyl/N-ethyl adjacent to an activating group) is 1. The molecule has 1 aliphatic heterocycles. The molecule has 3 rings (SSSR count). The summed E-state index contributed by atoms with van der Waals surface area (Å²) in [7, 11) is 4.04. The molecule has 0 spiro atoms. The Morgan fingerprint density at radius 3 is 3.00 bits per heavy atom. The van der Waals surface area contributed by atoms with Gasteiger partial charge in [0.15, 0.2) is 0 Å². The Bertz CT molecular complexity index is 714. The van der Waals surface area contributed by atoms with Gasteiger partial charge in [-0.2, -0.15) is 0 Å². The fourth-order valence-corrected chi connectivity index (χ4v) is 3.72. The summed E-state index contributed by atoms with van der Waals surface area (Å²) in [5.41, 5.74) is 2.28. The zero-order valence-electron chi connectivity index (χ0n) is 14.8. The number of ether oxygens (including phenoxy) is 1. The van der Waals surface area contributed by atoms with Crippen LogP contribution in [-0.2, 0) is 19.5 Å². The average Bonchev–Trinajstić information content (AvgIpc) is 3.08. The summed E-state index contributed by atoms with van der Waals surface area (Å²) in [5.74, 6) is 0.836. The molecule has 0 fully saturated rings. The number of nitrogens with zero attached hydrogens (tertiary/aromatic N) is 2. The van der Waals surface area contributed by atoms with Crippen LogP contribution in [0.25, 0.3) is 0 Å².